The summed E-state index contributed by atoms with van der Waals surface area (Å²) in [7, 11) is -0.242. The van der Waals surface area contributed by atoms with Crippen molar-refractivity contribution in [3.63, 3.8) is 0 Å². The summed E-state index contributed by atoms with van der Waals surface area (Å²) in [4.78, 5) is 15.4. The highest BCUT2D eigenvalue weighted by molar-refractivity contribution is 7.89. The van der Waals surface area contributed by atoms with E-state index < -0.39 is 39.7 Å². The van der Waals surface area contributed by atoms with Crippen LogP contribution in [0.4, 0.5) is 8.78 Å². The molecule has 3 aromatic rings. The fraction of sp³-hybridized carbons (Fsp3) is 0.406. The van der Waals surface area contributed by atoms with Crippen LogP contribution >= 0.6 is 0 Å². The SMILES string of the molecule is CCc1cccc(CNC[C@H](O)[C@H](Cc2cc(F)cc(F)c2)NC(=O)c2ccc(S(=O)(=O)N(C)C3CCN(C)C3)cc2)c1. The van der Waals surface area contributed by atoms with Crippen LogP contribution in [-0.4, -0.2) is 80.6 Å². The molecule has 3 N–H and O–H groups in total. The van der Waals surface area contributed by atoms with E-state index in [4.69, 9.17) is 0 Å². The number of aliphatic hydroxyl groups excluding tert-OH is 1. The maximum Gasteiger partial charge on any atom is 0.251 e. The molecule has 0 aliphatic carbocycles. The molecule has 0 bridgehead atoms. The summed E-state index contributed by atoms with van der Waals surface area (Å²) in [6.45, 7) is 4.13. The van der Waals surface area contributed by atoms with E-state index in [0.29, 0.717) is 13.1 Å². The molecule has 3 aromatic carbocycles. The van der Waals surface area contributed by atoms with Crippen molar-refractivity contribution in [3.05, 3.63) is 101 Å². The second-order valence-electron chi connectivity index (χ2n) is 11.2. The third-order valence-corrected chi connectivity index (χ3v) is 9.84. The Kier molecular flexibility index (Phi) is 11.0. The Balaban J connectivity index is 1.46. The van der Waals surface area contributed by atoms with Gasteiger partial charge in [-0.15, -0.1) is 0 Å². The van der Waals surface area contributed by atoms with Crippen molar-refractivity contribution in [1.29, 1.82) is 0 Å². The average Bonchev–Trinajstić information content (AvgIpc) is 3.41. The number of benzene rings is 3. The molecule has 1 amide bonds. The fourth-order valence-electron chi connectivity index (χ4n) is 5.33. The molecule has 1 fully saturated rings. The molecule has 8 nitrogen and oxygen atoms in total. The number of amides is 1. The van der Waals surface area contributed by atoms with Gasteiger partial charge in [-0.05, 0) is 85.9 Å². The maximum atomic E-state index is 13.9. The van der Waals surface area contributed by atoms with Gasteiger partial charge in [0.2, 0.25) is 10.0 Å². The third-order valence-electron chi connectivity index (χ3n) is 7.92. The maximum absolute atomic E-state index is 13.9. The summed E-state index contributed by atoms with van der Waals surface area (Å²) in [6, 6.07) is 15.7. The number of hydrogen-bond donors (Lipinski definition) is 3. The second kappa shape index (κ2) is 14.5. The lowest BCUT2D eigenvalue weighted by Crippen LogP contribution is -2.48. The van der Waals surface area contributed by atoms with Crippen LogP contribution in [-0.2, 0) is 29.4 Å². The molecule has 11 heteroatoms. The molecule has 1 heterocycles. The van der Waals surface area contributed by atoms with Gasteiger partial charge in [0.1, 0.15) is 11.6 Å². The third kappa shape index (κ3) is 8.67. The lowest BCUT2D eigenvalue weighted by atomic mass is 10.00. The van der Waals surface area contributed by atoms with Crippen molar-refractivity contribution < 1.29 is 27.1 Å². The van der Waals surface area contributed by atoms with Crippen molar-refractivity contribution in [2.75, 3.05) is 33.7 Å². The quantitative estimate of drug-likeness (QED) is 0.273. The lowest BCUT2D eigenvalue weighted by Gasteiger charge is -2.25. The van der Waals surface area contributed by atoms with Crippen molar-refractivity contribution in [2.24, 2.45) is 0 Å². The van der Waals surface area contributed by atoms with Crippen molar-refractivity contribution in [2.45, 2.75) is 55.8 Å². The number of likely N-dealkylation sites (tertiary alicyclic amines) is 1. The van der Waals surface area contributed by atoms with Gasteiger partial charge in [0.25, 0.3) is 5.91 Å². The fourth-order valence-corrected chi connectivity index (χ4v) is 6.71. The minimum atomic E-state index is -3.76. The summed E-state index contributed by atoms with van der Waals surface area (Å²) in [5, 5.41) is 17.0. The number of carbonyl (C=O) groups is 1. The molecule has 1 saturated heterocycles. The van der Waals surface area contributed by atoms with Gasteiger partial charge in [-0.25, -0.2) is 17.2 Å². The Morgan fingerprint density at radius 1 is 1.05 bits per heavy atom. The number of rotatable bonds is 13. The van der Waals surface area contributed by atoms with Crippen molar-refractivity contribution in [3.8, 4) is 0 Å². The molecule has 0 aromatic heterocycles. The highest BCUT2D eigenvalue weighted by Crippen LogP contribution is 2.22. The average molecular weight is 615 g/mol. The number of aryl methyl sites for hydroxylation is 1. The molecule has 0 spiro atoms. The molecule has 0 radical (unpaired) electrons. The van der Waals surface area contributed by atoms with Gasteiger partial charge in [-0.3, -0.25) is 4.79 Å². The molecule has 1 aliphatic heterocycles. The van der Waals surface area contributed by atoms with E-state index >= 15 is 0 Å². The summed E-state index contributed by atoms with van der Waals surface area (Å²) < 4.78 is 55.6. The summed E-state index contributed by atoms with van der Waals surface area (Å²) in [5.41, 5.74) is 2.70. The zero-order chi connectivity index (χ0) is 31.1. The number of nitrogens with one attached hydrogen (secondary N) is 2. The van der Waals surface area contributed by atoms with E-state index in [2.05, 4.69) is 28.5 Å². The summed E-state index contributed by atoms with van der Waals surface area (Å²) in [6.07, 6.45) is 0.520. The first-order chi connectivity index (χ1) is 20.5. The minimum absolute atomic E-state index is 0.0261. The Morgan fingerprint density at radius 3 is 2.35 bits per heavy atom. The van der Waals surface area contributed by atoms with E-state index in [1.54, 1.807) is 7.05 Å². The molecular formula is C32H40F2N4O4S. The molecule has 0 saturated carbocycles. The zero-order valence-electron chi connectivity index (χ0n) is 24.8. The normalized spacial score (nSPS) is 17.2. The Bertz CT molecular complexity index is 1480. The van der Waals surface area contributed by atoms with Gasteiger partial charge in [-0.2, -0.15) is 4.31 Å². The van der Waals surface area contributed by atoms with Gasteiger partial charge < -0.3 is 20.6 Å². The molecule has 4 rings (SSSR count). The van der Waals surface area contributed by atoms with Crippen LogP contribution < -0.4 is 10.6 Å². The molecule has 3 atom stereocenters. The van der Waals surface area contributed by atoms with Gasteiger partial charge in [0, 0.05) is 44.4 Å². The van der Waals surface area contributed by atoms with E-state index in [1.165, 1.54) is 34.1 Å². The van der Waals surface area contributed by atoms with Crippen LogP contribution in [0.2, 0.25) is 0 Å². The number of nitrogens with zero attached hydrogens (tertiary/aromatic N) is 2. The predicted molar refractivity (Wildman–Crippen MR) is 162 cm³/mol. The summed E-state index contributed by atoms with van der Waals surface area (Å²) in [5.74, 6) is -2.06. The highest BCUT2D eigenvalue weighted by Gasteiger charge is 2.32. The van der Waals surface area contributed by atoms with Crippen LogP contribution in [0.25, 0.3) is 0 Å². The van der Waals surface area contributed by atoms with Crippen molar-refractivity contribution >= 4 is 15.9 Å². The largest absolute Gasteiger partial charge is 0.390 e. The first kappa shape index (κ1) is 32.7. The number of carbonyl (C=O) groups excluding carboxylic acids is 1. The van der Waals surface area contributed by atoms with E-state index in [1.807, 2.05) is 25.2 Å². The Hall–Kier alpha value is -3.22. The zero-order valence-corrected chi connectivity index (χ0v) is 25.6. The van der Waals surface area contributed by atoms with E-state index in [0.717, 1.165) is 43.1 Å². The van der Waals surface area contributed by atoms with Gasteiger partial charge in [0.05, 0.1) is 17.0 Å². The van der Waals surface area contributed by atoms with E-state index in [-0.39, 0.29) is 35.0 Å². The predicted octanol–water partition coefficient (Wildman–Crippen LogP) is 3.34. The number of halogens is 2. The highest BCUT2D eigenvalue weighted by atomic mass is 32.2. The monoisotopic (exact) mass is 614 g/mol. The molecule has 1 unspecified atom stereocenters. The van der Waals surface area contributed by atoms with Gasteiger partial charge >= 0.3 is 0 Å². The van der Waals surface area contributed by atoms with Crippen LogP contribution in [0.1, 0.15) is 40.4 Å². The van der Waals surface area contributed by atoms with Crippen LogP contribution in [0.3, 0.4) is 0 Å². The second-order valence-corrected chi connectivity index (χ2v) is 13.2. The first-order valence-electron chi connectivity index (χ1n) is 14.5. The molecular weight excluding hydrogens is 574 g/mol. The molecule has 1 aliphatic rings. The number of hydrogen-bond acceptors (Lipinski definition) is 6. The number of sulfonamides is 1. The Morgan fingerprint density at radius 2 is 1.72 bits per heavy atom. The van der Waals surface area contributed by atoms with Gasteiger partial charge in [0.15, 0.2) is 0 Å². The molecule has 232 valence electrons. The smallest absolute Gasteiger partial charge is 0.251 e. The summed E-state index contributed by atoms with van der Waals surface area (Å²) >= 11 is 0. The molecule has 43 heavy (non-hydrogen) atoms. The first-order valence-corrected chi connectivity index (χ1v) is 15.9. The number of aliphatic hydroxyl groups is 1. The lowest BCUT2D eigenvalue weighted by molar-refractivity contribution is 0.0829. The van der Waals surface area contributed by atoms with Crippen LogP contribution in [0.15, 0.2) is 71.6 Å². The van der Waals surface area contributed by atoms with E-state index in [9.17, 15) is 27.1 Å². The van der Waals surface area contributed by atoms with Crippen LogP contribution in [0, 0.1) is 11.6 Å². The number of likely N-dealkylation sites (N-methyl/N-ethyl adjacent to an activating group) is 2. The van der Waals surface area contributed by atoms with Gasteiger partial charge in [-0.1, -0.05) is 31.2 Å². The topological polar surface area (TPSA) is 102 Å². The standard InChI is InChI=1S/C32H40F2N4O4S/c1-4-22-6-5-7-23(14-22)19-35-20-31(39)30(17-24-15-26(33)18-27(34)16-24)36-32(40)25-8-10-29(11-9-25)43(41,42)38(3)28-12-13-37(2)21-28/h5-11,14-16,18,28,30-31,35,39H,4,12-13,17,19-21H2,1-3H3,(H,36,40)/t28?,30-,31-/m0/s1. The van der Waals surface area contributed by atoms with Crippen molar-refractivity contribution in [1.82, 2.24) is 19.8 Å². The minimum Gasteiger partial charge on any atom is -0.390 e. The Labute approximate surface area is 252 Å². The van der Waals surface area contributed by atoms with Crippen LogP contribution in [0.5, 0.6) is 0 Å².